The van der Waals surface area contributed by atoms with Crippen molar-refractivity contribution in [2.24, 2.45) is 0 Å². The third-order valence-electron chi connectivity index (χ3n) is 2.21. The molecule has 0 amide bonds. The fourth-order valence-electron chi connectivity index (χ4n) is 1.28. The van der Waals surface area contributed by atoms with Crippen LogP contribution in [0.5, 0.6) is 5.75 Å². The van der Waals surface area contributed by atoms with Crippen molar-refractivity contribution in [3.05, 3.63) is 37.9 Å². The second-order valence-electron chi connectivity index (χ2n) is 4.15. The number of hydrogen-bond acceptors (Lipinski definition) is 3. The molecule has 1 aromatic carbocycles. The summed E-state index contributed by atoms with van der Waals surface area (Å²) in [7, 11) is 0. The average Bonchev–Trinajstić information content (AvgIpc) is 2.13. The van der Waals surface area contributed by atoms with E-state index in [1.807, 2.05) is 0 Å². The molecule has 4 nitrogen and oxygen atoms in total. The number of aromatic hydroxyl groups is 1. The molecular formula is C10H11Cl2NO3. The van der Waals surface area contributed by atoms with Crippen molar-refractivity contribution in [2.45, 2.75) is 25.8 Å². The zero-order chi connectivity index (χ0) is 12.5. The van der Waals surface area contributed by atoms with E-state index in [0.717, 1.165) is 0 Å². The minimum atomic E-state index is -1.09. The molecule has 1 N–H and O–H groups in total. The summed E-state index contributed by atoms with van der Waals surface area (Å²) in [5.41, 5.74) is -0.474. The van der Waals surface area contributed by atoms with Crippen molar-refractivity contribution in [2.75, 3.05) is 0 Å². The van der Waals surface area contributed by atoms with Crippen molar-refractivity contribution in [1.82, 2.24) is 0 Å². The Balaban J connectivity index is 3.04. The maximum Gasteiger partial charge on any atom is 0.220 e. The number of nitrogens with zero attached hydrogens (tertiary/aromatic N) is 1. The molecule has 0 aliphatic heterocycles. The highest BCUT2D eigenvalue weighted by molar-refractivity contribution is 6.37. The summed E-state index contributed by atoms with van der Waals surface area (Å²) in [6.45, 7) is 3.03. The monoisotopic (exact) mass is 263 g/mol. The molecule has 16 heavy (non-hydrogen) atoms. The Bertz CT molecular complexity index is 409. The van der Waals surface area contributed by atoms with Gasteiger partial charge in [0.05, 0.1) is 10.0 Å². The van der Waals surface area contributed by atoms with Gasteiger partial charge in [0, 0.05) is 25.2 Å². The van der Waals surface area contributed by atoms with Crippen molar-refractivity contribution in [3.63, 3.8) is 0 Å². The smallest absolute Gasteiger partial charge is 0.220 e. The SMILES string of the molecule is CC(C)(Cc1cc(Cl)c(O)c(Cl)c1)[N+](=O)[O-]. The van der Waals surface area contributed by atoms with Crippen molar-refractivity contribution >= 4 is 23.2 Å². The first-order valence-electron chi connectivity index (χ1n) is 4.55. The van der Waals surface area contributed by atoms with Crippen molar-refractivity contribution in [3.8, 4) is 5.75 Å². The van der Waals surface area contributed by atoms with Gasteiger partial charge in [-0.3, -0.25) is 10.1 Å². The normalized spacial score (nSPS) is 11.5. The number of nitro groups is 1. The molecule has 0 saturated carbocycles. The predicted octanol–water partition coefficient (Wildman–Crippen LogP) is 3.30. The summed E-state index contributed by atoms with van der Waals surface area (Å²) in [6.07, 6.45) is 0.194. The van der Waals surface area contributed by atoms with Crippen LogP contribution < -0.4 is 0 Å². The van der Waals surface area contributed by atoms with Crippen LogP contribution in [0.25, 0.3) is 0 Å². The zero-order valence-electron chi connectivity index (χ0n) is 8.83. The molecule has 0 spiro atoms. The molecule has 6 heteroatoms. The van der Waals surface area contributed by atoms with Crippen LogP contribution in [0.3, 0.4) is 0 Å². The van der Waals surface area contributed by atoms with Gasteiger partial charge < -0.3 is 5.11 Å². The van der Waals surface area contributed by atoms with E-state index in [1.54, 1.807) is 0 Å². The first-order chi connectivity index (χ1) is 7.24. The first kappa shape index (κ1) is 13.1. The lowest BCUT2D eigenvalue weighted by molar-refractivity contribution is -0.560. The van der Waals surface area contributed by atoms with Crippen LogP contribution in [0.4, 0.5) is 0 Å². The Labute approximate surface area is 103 Å². The summed E-state index contributed by atoms with van der Waals surface area (Å²) in [6, 6.07) is 2.96. The topological polar surface area (TPSA) is 63.4 Å². The fourth-order valence-corrected chi connectivity index (χ4v) is 1.82. The second-order valence-corrected chi connectivity index (χ2v) is 4.97. The Morgan fingerprint density at radius 2 is 1.81 bits per heavy atom. The fraction of sp³-hybridized carbons (Fsp3) is 0.400. The molecule has 1 aromatic rings. The molecule has 0 fully saturated rings. The van der Waals surface area contributed by atoms with Gasteiger partial charge in [0.25, 0.3) is 0 Å². The van der Waals surface area contributed by atoms with Crippen LogP contribution in [-0.2, 0) is 6.42 Å². The predicted molar refractivity (Wildman–Crippen MR) is 62.9 cm³/mol. The summed E-state index contributed by atoms with van der Waals surface area (Å²) >= 11 is 11.4. The van der Waals surface area contributed by atoms with E-state index < -0.39 is 5.54 Å². The van der Waals surface area contributed by atoms with E-state index in [-0.39, 0.29) is 27.1 Å². The largest absolute Gasteiger partial charge is 0.505 e. The van der Waals surface area contributed by atoms with Crippen LogP contribution in [-0.4, -0.2) is 15.6 Å². The third kappa shape index (κ3) is 2.77. The Kier molecular flexibility index (Phi) is 3.65. The summed E-state index contributed by atoms with van der Waals surface area (Å²) in [4.78, 5) is 10.4. The summed E-state index contributed by atoms with van der Waals surface area (Å²) in [5, 5.41) is 20.3. The van der Waals surface area contributed by atoms with Crippen LogP contribution >= 0.6 is 23.2 Å². The number of hydrogen-bond donors (Lipinski definition) is 1. The molecular weight excluding hydrogens is 253 g/mol. The maximum absolute atomic E-state index is 10.8. The van der Waals surface area contributed by atoms with E-state index in [2.05, 4.69) is 0 Å². The molecule has 0 atom stereocenters. The van der Waals surface area contributed by atoms with Crippen molar-refractivity contribution < 1.29 is 10.0 Å². The second kappa shape index (κ2) is 4.47. The number of rotatable bonds is 3. The van der Waals surface area contributed by atoms with E-state index in [9.17, 15) is 15.2 Å². The van der Waals surface area contributed by atoms with E-state index >= 15 is 0 Å². The quantitative estimate of drug-likeness (QED) is 0.672. The minimum Gasteiger partial charge on any atom is -0.505 e. The lowest BCUT2D eigenvalue weighted by Gasteiger charge is -2.16. The maximum atomic E-state index is 10.8. The van der Waals surface area contributed by atoms with Gasteiger partial charge in [-0.25, -0.2) is 0 Å². The van der Waals surface area contributed by atoms with Gasteiger partial charge in [-0.1, -0.05) is 23.2 Å². The van der Waals surface area contributed by atoms with E-state index in [1.165, 1.54) is 26.0 Å². The van der Waals surface area contributed by atoms with Crippen LogP contribution in [0.2, 0.25) is 10.0 Å². The van der Waals surface area contributed by atoms with Crippen LogP contribution in [0.1, 0.15) is 19.4 Å². The molecule has 0 aromatic heterocycles. The Morgan fingerprint density at radius 1 is 1.38 bits per heavy atom. The molecule has 0 aliphatic rings. The van der Waals surface area contributed by atoms with Gasteiger partial charge in [0.1, 0.15) is 0 Å². The molecule has 0 saturated heterocycles. The van der Waals surface area contributed by atoms with Gasteiger partial charge in [-0.05, 0) is 17.7 Å². The highest BCUT2D eigenvalue weighted by Gasteiger charge is 2.31. The molecule has 1 rings (SSSR count). The molecule has 0 heterocycles. The van der Waals surface area contributed by atoms with E-state index in [0.29, 0.717) is 5.56 Å². The van der Waals surface area contributed by atoms with E-state index in [4.69, 9.17) is 23.2 Å². The summed E-state index contributed by atoms with van der Waals surface area (Å²) < 4.78 is 0. The zero-order valence-corrected chi connectivity index (χ0v) is 10.3. The number of halogens is 2. The minimum absolute atomic E-state index is 0.0987. The lowest BCUT2D eigenvalue weighted by atomic mass is 9.96. The number of phenols is 1. The Morgan fingerprint density at radius 3 is 2.19 bits per heavy atom. The van der Waals surface area contributed by atoms with Gasteiger partial charge in [0.2, 0.25) is 5.54 Å². The van der Waals surface area contributed by atoms with Crippen LogP contribution in [0, 0.1) is 10.1 Å². The highest BCUT2D eigenvalue weighted by Crippen LogP contribution is 2.33. The molecule has 0 bridgehead atoms. The van der Waals surface area contributed by atoms with Gasteiger partial charge in [0.15, 0.2) is 5.75 Å². The van der Waals surface area contributed by atoms with Crippen molar-refractivity contribution in [1.29, 1.82) is 0 Å². The summed E-state index contributed by atoms with van der Waals surface area (Å²) in [5.74, 6) is -0.203. The first-order valence-corrected chi connectivity index (χ1v) is 5.31. The standard InChI is InChI=1S/C10H11Cl2NO3/c1-10(2,13(15)16)5-6-3-7(11)9(14)8(12)4-6/h3-4,14H,5H2,1-2H3. The molecule has 0 radical (unpaired) electrons. The van der Waals surface area contributed by atoms with Crippen LogP contribution in [0.15, 0.2) is 12.1 Å². The van der Waals surface area contributed by atoms with Gasteiger partial charge >= 0.3 is 0 Å². The number of phenolic OH excluding ortho intramolecular Hbond substituents is 1. The highest BCUT2D eigenvalue weighted by atomic mass is 35.5. The van der Waals surface area contributed by atoms with Gasteiger partial charge in [-0.15, -0.1) is 0 Å². The molecule has 0 aliphatic carbocycles. The third-order valence-corrected chi connectivity index (χ3v) is 2.78. The average molecular weight is 264 g/mol. The molecule has 0 unspecified atom stereocenters. The molecule has 88 valence electrons. The number of benzene rings is 1. The Hall–Kier alpha value is -1.00. The van der Waals surface area contributed by atoms with Gasteiger partial charge in [-0.2, -0.15) is 0 Å². The lowest BCUT2D eigenvalue weighted by Crippen LogP contribution is -2.33.